The molecule has 0 aromatic rings. The van der Waals surface area contributed by atoms with Crippen LogP contribution in [0.1, 0.15) is 34.1 Å². The molecule has 0 radical (unpaired) electrons. The minimum absolute atomic E-state index is 0.0555. The van der Waals surface area contributed by atoms with E-state index in [0.717, 1.165) is 6.42 Å². The van der Waals surface area contributed by atoms with Crippen LogP contribution in [0.5, 0.6) is 0 Å². The molecule has 0 aromatic heterocycles. The average Bonchev–Trinajstić information content (AvgIpc) is 1.81. The normalized spacial score (nSPS) is 15.3. The number of hydrogen-bond acceptors (Lipinski definition) is 2. The molecule has 0 rings (SSSR count). The average molecular weight is 145 g/mol. The minimum Gasteiger partial charge on any atom is -0.371 e. The van der Waals surface area contributed by atoms with Gasteiger partial charge in [-0.25, -0.2) is 0 Å². The summed E-state index contributed by atoms with van der Waals surface area (Å²) in [5.41, 5.74) is 5.41. The van der Waals surface area contributed by atoms with Gasteiger partial charge in [-0.1, -0.05) is 6.92 Å². The third-order valence-corrected chi connectivity index (χ3v) is 1.24. The Bertz CT molecular complexity index is 81.7. The molecular formula is C8H19NO. The van der Waals surface area contributed by atoms with Crippen molar-refractivity contribution >= 4 is 0 Å². The molecule has 0 fully saturated rings. The SMILES string of the molecule is CCC(CN)OC(C)(C)C. The van der Waals surface area contributed by atoms with E-state index in [1.165, 1.54) is 0 Å². The van der Waals surface area contributed by atoms with Gasteiger partial charge in [-0.2, -0.15) is 0 Å². The van der Waals surface area contributed by atoms with Crippen LogP contribution in [0.3, 0.4) is 0 Å². The molecule has 0 amide bonds. The Morgan fingerprint density at radius 2 is 1.90 bits per heavy atom. The van der Waals surface area contributed by atoms with E-state index in [4.69, 9.17) is 10.5 Å². The lowest BCUT2D eigenvalue weighted by atomic mass is 10.1. The van der Waals surface area contributed by atoms with Crippen molar-refractivity contribution in [2.45, 2.75) is 45.8 Å². The van der Waals surface area contributed by atoms with Gasteiger partial charge in [0.15, 0.2) is 0 Å². The first-order chi connectivity index (χ1) is 4.49. The molecule has 0 aliphatic rings. The Hall–Kier alpha value is -0.0800. The fourth-order valence-electron chi connectivity index (χ4n) is 0.798. The van der Waals surface area contributed by atoms with Gasteiger partial charge < -0.3 is 10.5 Å². The number of hydrogen-bond donors (Lipinski definition) is 1. The highest BCUT2D eigenvalue weighted by molar-refractivity contribution is 4.65. The predicted octanol–water partition coefficient (Wildman–Crippen LogP) is 1.54. The van der Waals surface area contributed by atoms with Crippen molar-refractivity contribution < 1.29 is 4.74 Å². The first-order valence-electron chi connectivity index (χ1n) is 3.87. The summed E-state index contributed by atoms with van der Waals surface area (Å²) < 4.78 is 5.61. The molecule has 62 valence electrons. The lowest BCUT2D eigenvalue weighted by Crippen LogP contribution is -2.32. The van der Waals surface area contributed by atoms with Crippen LogP contribution in [-0.2, 0) is 4.74 Å². The van der Waals surface area contributed by atoms with E-state index in [1.807, 2.05) is 20.8 Å². The lowest BCUT2D eigenvalue weighted by Gasteiger charge is -2.25. The molecule has 0 bridgehead atoms. The molecule has 1 atom stereocenters. The highest BCUT2D eigenvalue weighted by Gasteiger charge is 2.15. The molecular weight excluding hydrogens is 126 g/mol. The molecule has 2 nitrogen and oxygen atoms in total. The predicted molar refractivity (Wildman–Crippen MR) is 44.0 cm³/mol. The second-order valence-corrected chi connectivity index (χ2v) is 3.50. The molecule has 2 N–H and O–H groups in total. The van der Waals surface area contributed by atoms with Crippen LogP contribution in [0.15, 0.2) is 0 Å². The maximum atomic E-state index is 5.61. The molecule has 0 spiro atoms. The molecule has 0 saturated carbocycles. The Kier molecular flexibility index (Phi) is 3.91. The zero-order chi connectivity index (χ0) is 8.20. The van der Waals surface area contributed by atoms with Crippen molar-refractivity contribution in [3.8, 4) is 0 Å². The van der Waals surface area contributed by atoms with Crippen molar-refractivity contribution in [3.05, 3.63) is 0 Å². The van der Waals surface area contributed by atoms with Crippen molar-refractivity contribution in [1.82, 2.24) is 0 Å². The van der Waals surface area contributed by atoms with Crippen molar-refractivity contribution in [1.29, 1.82) is 0 Å². The first kappa shape index (κ1) is 9.92. The van der Waals surface area contributed by atoms with Crippen LogP contribution >= 0.6 is 0 Å². The van der Waals surface area contributed by atoms with E-state index in [2.05, 4.69) is 6.92 Å². The maximum Gasteiger partial charge on any atom is 0.0701 e. The second kappa shape index (κ2) is 3.94. The van der Waals surface area contributed by atoms with E-state index in [9.17, 15) is 0 Å². The van der Waals surface area contributed by atoms with Gasteiger partial charge in [-0.15, -0.1) is 0 Å². The number of ether oxygens (including phenoxy) is 1. The van der Waals surface area contributed by atoms with E-state index in [-0.39, 0.29) is 11.7 Å². The van der Waals surface area contributed by atoms with Crippen LogP contribution in [0.2, 0.25) is 0 Å². The van der Waals surface area contributed by atoms with Gasteiger partial charge in [-0.05, 0) is 27.2 Å². The molecule has 10 heavy (non-hydrogen) atoms. The van der Waals surface area contributed by atoms with Gasteiger partial charge in [0.1, 0.15) is 0 Å². The zero-order valence-electron chi connectivity index (χ0n) is 7.48. The summed E-state index contributed by atoms with van der Waals surface area (Å²) in [7, 11) is 0. The Balaban J connectivity index is 3.63. The van der Waals surface area contributed by atoms with E-state index < -0.39 is 0 Å². The summed E-state index contributed by atoms with van der Waals surface area (Å²) in [4.78, 5) is 0. The molecule has 0 aliphatic carbocycles. The van der Waals surface area contributed by atoms with E-state index in [1.54, 1.807) is 0 Å². The highest BCUT2D eigenvalue weighted by atomic mass is 16.5. The van der Waals surface area contributed by atoms with Crippen LogP contribution in [-0.4, -0.2) is 18.2 Å². The van der Waals surface area contributed by atoms with Gasteiger partial charge in [0.05, 0.1) is 11.7 Å². The zero-order valence-corrected chi connectivity index (χ0v) is 7.48. The fraction of sp³-hybridized carbons (Fsp3) is 1.00. The van der Waals surface area contributed by atoms with Crippen LogP contribution < -0.4 is 5.73 Å². The quantitative estimate of drug-likeness (QED) is 0.653. The van der Waals surface area contributed by atoms with Crippen molar-refractivity contribution in [2.24, 2.45) is 5.73 Å². The third-order valence-electron chi connectivity index (χ3n) is 1.24. The van der Waals surface area contributed by atoms with Crippen LogP contribution in [0.4, 0.5) is 0 Å². The van der Waals surface area contributed by atoms with E-state index in [0.29, 0.717) is 6.54 Å². The summed E-state index contributed by atoms with van der Waals surface area (Å²) in [6.45, 7) is 8.85. The molecule has 1 unspecified atom stereocenters. The van der Waals surface area contributed by atoms with Crippen LogP contribution in [0, 0.1) is 0 Å². The van der Waals surface area contributed by atoms with Crippen molar-refractivity contribution in [3.63, 3.8) is 0 Å². The van der Waals surface area contributed by atoms with Gasteiger partial charge >= 0.3 is 0 Å². The van der Waals surface area contributed by atoms with Gasteiger partial charge in [0, 0.05) is 6.54 Å². The molecule has 0 aromatic carbocycles. The smallest absolute Gasteiger partial charge is 0.0701 e. The molecule has 0 aliphatic heterocycles. The molecule has 2 heteroatoms. The van der Waals surface area contributed by atoms with Gasteiger partial charge in [0.2, 0.25) is 0 Å². The Labute approximate surface area is 63.7 Å². The maximum absolute atomic E-state index is 5.61. The number of rotatable bonds is 3. The Morgan fingerprint density at radius 1 is 1.40 bits per heavy atom. The number of nitrogens with two attached hydrogens (primary N) is 1. The topological polar surface area (TPSA) is 35.2 Å². The first-order valence-corrected chi connectivity index (χ1v) is 3.87. The summed E-state index contributed by atoms with van der Waals surface area (Å²) >= 11 is 0. The monoisotopic (exact) mass is 145 g/mol. The van der Waals surface area contributed by atoms with Gasteiger partial charge in [0.25, 0.3) is 0 Å². The third kappa shape index (κ3) is 4.77. The summed E-state index contributed by atoms with van der Waals surface area (Å²) in [6, 6.07) is 0. The summed E-state index contributed by atoms with van der Waals surface area (Å²) in [5.74, 6) is 0. The minimum atomic E-state index is -0.0555. The van der Waals surface area contributed by atoms with Crippen molar-refractivity contribution in [2.75, 3.05) is 6.54 Å². The van der Waals surface area contributed by atoms with Gasteiger partial charge in [-0.3, -0.25) is 0 Å². The van der Waals surface area contributed by atoms with E-state index >= 15 is 0 Å². The summed E-state index contributed by atoms with van der Waals surface area (Å²) in [5, 5.41) is 0. The second-order valence-electron chi connectivity index (χ2n) is 3.50. The summed E-state index contributed by atoms with van der Waals surface area (Å²) in [6.07, 6.45) is 1.22. The standard InChI is InChI=1S/C8H19NO/c1-5-7(6-9)10-8(2,3)4/h7H,5-6,9H2,1-4H3. The largest absolute Gasteiger partial charge is 0.371 e. The fourth-order valence-corrected chi connectivity index (χ4v) is 0.798. The molecule has 0 saturated heterocycles. The molecule has 0 heterocycles. The highest BCUT2D eigenvalue weighted by Crippen LogP contribution is 2.11. The lowest BCUT2D eigenvalue weighted by molar-refractivity contribution is -0.0563. The Morgan fingerprint density at radius 3 is 2.00 bits per heavy atom. The van der Waals surface area contributed by atoms with Crippen LogP contribution in [0.25, 0.3) is 0 Å².